The lowest BCUT2D eigenvalue weighted by Crippen LogP contribution is -2.10. The molecule has 0 saturated carbocycles. The molecular weight excluding hydrogens is 199 g/mol. The fraction of sp³-hybridized carbons (Fsp3) is 1.00. The van der Waals surface area contributed by atoms with Crippen LogP contribution in [0.15, 0.2) is 0 Å². The minimum absolute atomic E-state index is 0.0794. The van der Waals surface area contributed by atoms with Crippen molar-refractivity contribution in [2.75, 3.05) is 0 Å². The lowest BCUT2D eigenvalue weighted by atomic mass is 10.2. The molecule has 0 rings (SSSR count). The van der Waals surface area contributed by atoms with Gasteiger partial charge >= 0.3 is 8.25 Å². The standard InChI is InChI=1S/C10H23O3P/c1-5-9(6-2)12-14(11)13-10(7-3)8-4/h9-10,14H,5-8H2,1-4H3. The van der Waals surface area contributed by atoms with E-state index >= 15 is 0 Å². The maximum absolute atomic E-state index is 11.4. The van der Waals surface area contributed by atoms with E-state index in [9.17, 15) is 4.57 Å². The van der Waals surface area contributed by atoms with E-state index in [-0.39, 0.29) is 12.2 Å². The zero-order valence-corrected chi connectivity index (χ0v) is 10.7. The predicted octanol–water partition coefficient (Wildman–Crippen LogP) is 3.79. The highest BCUT2D eigenvalue weighted by molar-refractivity contribution is 7.33. The van der Waals surface area contributed by atoms with E-state index in [0.717, 1.165) is 25.7 Å². The van der Waals surface area contributed by atoms with Gasteiger partial charge in [0.15, 0.2) is 0 Å². The molecular formula is C10H23O3P. The third-order valence-electron chi connectivity index (χ3n) is 2.35. The Kier molecular flexibility index (Phi) is 8.55. The van der Waals surface area contributed by atoms with Gasteiger partial charge in [0.25, 0.3) is 0 Å². The summed E-state index contributed by atoms with van der Waals surface area (Å²) in [5.74, 6) is 0. The maximum atomic E-state index is 11.4. The van der Waals surface area contributed by atoms with Gasteiger partial charge in [-0.2, -0.15) is 0 Å². The highest BCUT2D eigenvalue weighted by Gasteiger charge is 2.12. The molecule has 0 heterocycles. The normalized spacial score (nSPS) is 11.9. The van der Waals surface area contributed by atoms with Gasteiger partial charge in [0, 0.05) is 0 Å². The highest BCUT2D eigenvalue weighted by atomic mass is 31.1. The van der Waals surface area contributed by atoms with Crippen LogP contribution in [0.5, 0.6) is 0 Å². The minimum atomic E-state index is -2.29. The van der Waals surface area contributed by atoms with Crippen LogP contribution in [0.25, 0.3) is 0 Å². The van der Waals surface area contributed by atoms with Gasteiger partial charge in [0.1, 0.15) is 0 Å². The Labute approximate surface area is 88.1 Å². The Morgan fingerprint density at radius 1 is 0.857 bits per heavy atom. The van der Waals surface area contributed by atoms with Gasteiger partial charge in [-0.15, -0.1) is 0 Å². The van der Waals surface area contributed by atoms with Crippen LogP contribution in [-0.4, -0.2) is 12.2 Å². The molecule has 14 heavy (non-hydrogen) atoms. The van der Waals surface area contributed by atoms with Crippen LogP contribution in [0.1, 0.15) is 53.4 Å². The molecule has 0 aliphatic carbocycles. The van der Waals surface area contributed by atoms with Crippen molar-refractivity contribution >= 4 is 8.25 Å². The zero-order valence-electron chi connectivity index (χ0n) is 9.71. The summed E-state index contributed by atoms with van der Waals surface area (Å²) in [6.07, 6.45) is 3.71. The number of rotatable bonds is 8. The molecule has 0 bridgehead atoms. The third-order valence-corrected chi connectivity index (χ3v) is 3.40. The van der Waals surface area contributed by atoms with E-state index in [1.165, 1.54) is 0 Å². The SMILES string of the molecule is CCC(CC)O[PH](=O)OC(CC)CC. The summed E-state index contributed by atoms with van der Waals surface area (Å²) in [4.78, 5) is 0. The lowest BCUT2D eigenvalue weighted by Gasteiger charge is -2.17. The Hall–Kier alpha value is 0.150. The van der Waals surface area contributed by atoms with E-state index in [2.05, 4.69) is 0 Å². The topological polar surface area (TPSA) is 35.5 Å². The molecule has 0 radical (unpaired) electrons. The van der Waals surface area contributed by atoms with Gasteiger partial charge in [-0.3, -0.25) is 4.57 Å². The molecule has 0 aromatic heterocycles. The van der Waals surface area contributed by atoms with E-state index in [4.69, 9.17) is 9.05 Å². The van der Waals surface area contributed by atoms with Gasteiger partial charge < -0.3 is 9.05 Å². The van der Waals surface area contributed by atoms with Gasteiger partial charge in [0.2, 0.25) is 0 Å². The molecule has 0 aromatic carbocycles. The van der Waals surface area contributed by atoms with Crippen molar-refractivity contribution in [3.8, 4) is 0 Å². The van der Waals surface area contributed by atoms with Crippen LogP contribution in [0, 0.1) is 0 Å². The minimum Gasteiger partial charge on any atom is -0.307 e. The molecule has 86 valence electrons. The molecule has 0 amide bonds. The molecule has 0 spiro atoms. The smallest absolute Gasteiger partial charge is 0.307 e. The van der Waals surface area contributed by atoms with Crippen LogP contribution in [-0.2, 0) is 13.6 Å². The fourth-order valence-electron chi connectivity index (χ4n) is 1.21. The first-order valence-corrected chi connectivity index (χ1v) is 6.77. The van der Waals surface area contributed by atoms with Crippen molar-refractivity contribution in [1.29, 1.82) is 0 Å². The largest absolute Gasteiger partial charge is 0.319 e. The first-order valence-electron chi connectivity index (χ1n) is 5.55. The molecule has 0 fully saturated rings. The van der Waals surface area contributed by atoms with Crippen LogP contribution < -0.4 is 0 Å². The summed E-state index contributed by atoms with van der Waals surface area (Å²) < 4.78 is 22.1. The summed E-state index contributed by atoms with van der Waals surface area (Å²) >= 11 is 0. The van der Waals surface area contributed by atoms with Crippen LogP contribution in [0.4, 0.5) is 0 Å². The molecule has 0 aliphatic heterocycles. The van der Waals surface area contributed by atoms with Crippen molar-refractivity contribution < 1.29 is 13.6 Å². The molecule has 0 aliphatic rings. The van der Waals surface area contributed by atoms with Crippen LogP contribution >= 0.6 is 8.25 Å². The Bertz CT molecular complexity index is 137. The number of hydrogen-bond acceptors (Lipinski definition) is 3. The molecule has 4 heteroatoms. The van der Waals surface area contributed by atoms with Gasteiger partial charge in [-0.05, 0) is 25.7 Å². The summed E-state index contributed by atoms with van der Waals surface area (Å²) in [6.45, 7) is 8.11. The molecule has 0 atom stereocenters. The average Bonchev–Trinajstić information content (AvgIpc) is 2.22. The molecule has 3 nitrogen and oxygen atoms in total. The molecule has 0 aromatic rings. The molecule has 0 unspecified atom stereocenters. The maximum Gasteiger partial charge on any atom is 0.319 e. The van der Waals surface area contributed by atoms with Crippen LogP contribution in [0.3, 0.4) is 0 Å². The predicted molar refractivity (Wildman–Crippen MR) is 59.9 cm³/mol. The second kappa shape index (κ2) is 8.46. The molecule has 0 N–H and O–H groups in total. The van der Waals surface area contributed by atoms with Crippen molar-refractivity contribution in [2.24, 2.45) is 0 Å². The van der Waals surface area contributed by atoms with Crippen molar-refractivity contribution in [2.45, 2.75) is 65.6 Å². The van der Waals surface area contributed by atoms with E-state index in [0.29, 0.717) is 0 Å². The first-order chi connectivity index (χ1) is 6.67. The molecule has 0 saturated heterocycles. The monoisotopic (exact) mass is 222 g/mol. The van der Waals surface area contributed by atoms with Gasteiger partial charge in [-0.1, -0.05) is 27.7 Å². The van der Waals surface area contributed by atoms with E-state index in [1.807, 2.05) is 27.7 Å². The Balaban J connectivity index is 3.83. The summed E-state index contributed by atoms with van der Waals surface area (Å²) in [5.41, 5.74) is 0. The van der Waals surface area contributed by atoms with E-state index in [1.54, 1.807) is 0 Å². The fourth-order valence-corrected chi connectivity index (χ4v) is 2.48. The second-order valence-electron chi connectivity index (χ2n) is 3.36. The Morgan fingerprint density at radius 3 is 1.36 bits per heavy atom. The second-order valence-corrected chi connectivity index (χ2v) is 4.33. The quantitative estimate of drug-likeness (QED) is 0.586. The van der Waals surface area contributed by atoms with Gasteiger partial charge in [0.05, 0.1) is 12.2 Å². The first kappa shape index (κ1) is 14.2. The zero-order chi connectivity index (χ0) is 11.0. The van der Waals surface area contributed by atoms with Crippen LogP contribution in [0.2, 0.25) is 0 Å². The van der Waals surface area contributed by atoms with E-state index < -0.39 is 8.25 Å². The van der Waals surface area contributed by atoms with Gasteiger partial charge in [-0.25, -0.2) is 0 Å². The lowest BCUT2D eigenvalue weighted by molar-refractivity contribution is 0.121. The third kappa shape index (κ3) is 5.79. The Morgan fingerprint density at radius 2 is 1.14 bits per heavy atom. The van der Waals surface area contributed by atoms with Crippen molar-refractivity contribution in [1.82, 2.24) is 0 Å². The summed E-state index contributed by atoms with van der Waals surface area (Å²) in [7, 11) is -2.29. The number of hydrogen-bond donors (Lipinski definition) is 0. The highest BCUT2D eigenvalue weighted by Crippen LogP contribution is 2.31. The van der Waals surface area contributed by atoms with Crippen molar-refractivity contribution in [3.05, 3.63) is 0 Å². The average molecular weight is 222 g/mol. The summed E-state index contributed by atoms with van der Waals surface area (Å²) in [6, 6.07) is 0. The van der Waals surface area contributed by atoms with Crippen molar-refractivity contribution in [3.63, 3.8) is 0 Å². The summed E-state index contributed by atoms with van der Waals surface area (Å²) in [5, 5.41) is 0.